The molecule has 1 aliphatic rings. The Hall–Kier alpha value is -2.99. The Bertz CT molecular complexity index is 963. The maximum absolute atomic E-state index is 12.9. The molecule has 0 saturated carbocycles. The first-order chi connectivity index (χ1) is 12.5. The summed E-state index contributed by atoms with van der Waals surface area (Å²) < 4.78 is 45.4. The molecule has 0 aromatic carbocycles. The van der Waals surface area contributed by atoms with Crippen LogP contribution in [0, 0.1) is 0 Å². The largest absolute Gasteiger partial charge is 0.450 e. The second-order valence-corrected chi connectivity index (χ2v) is 5.52. The number of methoxy groups -OCH3 is 1. The van der Waals surface area contributed by atoms with Crippen LogP contribution in [0.25, 0.3) is 17.2 Å². The third-order valence-corrected chi connectivity index (χ3v) is 3.74. The number of aromatic amines is 1. The van der Waals surface area contributed by atoms with Crippen molar-refractivity contribution in [2.24, 2.45) is 4.99 Å². The van der Waals surface area contributed by atoms with Gasteiger partial charge >= 0.3 is 6.18 Å². The third kappa shape index (κ3) is 2.78. The number of hydrogen-bond donors (Lipinski definition) is 3. The van der Waals surface area contributed by atoms with Crippen molar-refractivity contribution in [2.75, 3.05) is 7.11 Å². The van der Waals surface area contributed by atoms with E-state index in [1.807, 2.05) is 0 Å². The minimum Gasteiger partial charge on any atom is -0.380 e. The number of alkyl halides is 3. The highest BCUT2D eigenvalue weighted by Gasteiger charge is 2.41. The van der Waals surface area contributed by atoms with Gasteiger partial charge in [0, 0.05) is 25.1 Å². The molecule has 9 nitrogen and oxygen atoms in total. The zero-order valence-electron chi connectivity index (χ0n) is 13.4. The fourth-order valence-electron chi connectivity index (χ4n) is 2.68. The number of nitrogens with one attached hydrogen (secondary N) is 3. The van der Waals surface area contributed by atoms with Gasteiger partial charge in [-0.2, -0.15) is 13.2 Å². The predicted molar refractivity (Wildman–Crippen MR) is 83.8 cm³/mol. The summed E-state index contributed by atoms with van der Waals surface area (Å²) in [4.78, 5) is 19.2. The average molecular weight is 366 g/mol. The molecule has 4 rings (SSSR count). The first-order valence-corrected chi connectivity index (χ1v) is 7.48. The van der Waals surface area contributed by atoms with Crippen LogP contribution in [-0.2, 0) is 11.3 Å². The van der Waals surface area contributed by atoms with E-state index < -0.39 is 18.2 Å². The summed E-state index contributed by atoms with van der Waals surface area (Å²) in [5.41, 5.74) is 6.69. The summed E-state index contributed by atoms with van der Waals surface area (Å²) in [5.74, 6) is -0.787. The number of rotatable bonds is 4. The first-order valence-electron chi connectivity index (χ1n) is 7.48. The molecule has 0 fully saturated rings. The lowest BCUT2D eigenvalue weighted by atomic mass is 10.2. The molecule has 3 aromatic rings. The number of aromatic nitrogens is 5. The number of hydrazine groups is 1. The Morgan fingerprint density at radius 2 is 2.15 bits per heavy atom. The van der Waals surface area contributed by atoms with E-state index in [1.165, 1.54) is 6.33 Å². The van der Waals surface area contributed by atoms with Crippen LogP contribution < -0.4 is 10.9 Å². The van der Waals surface area contributed by atoms with Crippen molar-refractivity contribution in [3.8, 4) is 11.4 Å². The van der Waals surface area contributed by atoms with Crippen LogP contribution in [0.1, 0.15) is 17.4 Å². The van der Waals surface area contributed by atoms with Gasteiger partial charge in [0.1, 0.15) is 5.69 Å². The monoisotopic (exact) mass is 366 g/mol. The van der Waals surface area contributed by atoms with E-state index in [9.17, 15) is 13.2 Å². The molecular weight excluding hydrogens is 353 g/mol. The number of imidazole rings is 2. The van der Waals surface area contributed by atoms with Crippen molar-refractivity contribution >= 4 is 11.6 Å². The zero-order chi connectivity index (χ0) is 18.3. The van der Waals surface area contributed by atoms with Crippen LogP contribution >= 0.6 is 0 Å². The van der Waals surface area contributed by atoms with Crippen molar-refractivity contribution < 1.29 is 17.9 Å². The van der Waals surface area contributed by atoms with E-state index in [0.29, 0.717) is 23.8 Å². The summed E-state index contributed by atoms with van der Waals surface area (Å²) in [6.45, 7) is 0.332. The lowest BCUT2D eigenvalue weighted by molar-refractivity contribution is -0.0614. The minimum atomic E-state index is -4.58. The average Bonchev–Trinajstić information content (AvgIpc) is 3.32. The SMILES string of the molecule is COCc1cnc2nc(C3N=C(C(F)(F)F)NN3)c(-c3cnc[nH]3)n2c1. The summed E-state index contributed by atoms with van der Waals surface area (Å²) in [6.07, 6.45) is 0.755. The molecule has 12 heteroatoms. The molecule has 0 amide bonds. The van der Waals surface area contributed by atoms with Gasteiger partial charge in [0.05, 0.1) is 30.5 Å². The highest BCUT2D eigenvalue weighted by atomic mass is 19.4. The van der Waals surface area contributed by atoms with Crippen LogP contribution in [0.15, 0.2) is 29.9 Å². The lowest BCUT2D eigenvalue weighted by Crippen LogP contribution is -2.39. The number of halogens is 3. The van der Waals surface area contributed by atoms with Crippen molar-refractivity contribution in [1.29, 1.82) is 0 Å². The fourth-order valence-corrected chi connectivity index (χ4v) is 2.68. The van der Waals surface area contributed by atoms with E-state index in [1.54, 1.807) is 30.1 Å². The first kappa shape index (κ1) is 16.5. The van der Waals surface area contributed by atoms with Crippen molar-refractivity contribution in [1.82, 2.24) is 35.2 Å². The second kappa shape index (κ2) is 6.07. The second-order valence-electron chi connectivity index (χ2n) is 5.52. The molecule has 1 unspecified atom stereocenters. The number of H-pyrrole nitrogens is 1. The summed E-state index contributed by atoms with van der Waals surface area (Å²) in [5, 5.41) is 0. The fraction of sp³-hybridized carbons (Fsp3) is 0.286. The Morgan fingerprint density at radius 3 is 2.81 bits per heavy atom. The van der Waals surface area contributed by atoms with Crippen molar-refractivity contribution in [2.45, 2.75) is 18.9 Å². The summed E-state index contributed by atoms with van der Waals surface area (Å²) in [7, 11) is 1.56. The maximum Gasteiger partial charge on any atom is 0.450 e. The van der Waals surface area contributed by atoms with Crippen LogP contribution in [0.2, 0.25) is 0 Å². The molecule has 0 spiro atoms. The maximum atomic E-state index is 12.9. The van der Waals surface area contributed by atoms with E-state index in [0.717, 1.165) is 5.56 Å². The summed E-state index contributed by atoms with van der Waals surface area (Å²) >= 11 is 0. The van der Waals surface area contributed by atoms with Gasteiger partial charge in [0.2, 0.25) is 11.6 Å². The molecule has 0 aliphatic carbocycles. The van der Waals surface area contributed by atoms with Gasteiger partial charge in [-0.3, -0.25) is 9.83 Å². The predicted octanol–water partition coefficient (Wildman–Crippen LogP) is 1.33. The quantitative estimate of drug-likeness (QED) is 0.644. The zero-order valence-corrected chi connectivity index (χ0v) is 13.4. The molecule has 4 heterocycles. The van der Waals surface area contributed by atoms with Gasteiger partial charge in [0.15, 0.2) is 6.17 Å². The molecule has 0 bridgehead atoms. The van der Waals surface area contributed by atoms with Gasteiger partial charge in [-0.25, -0.2) is 25.4 Å². The van der Waals surface area contributed by atoms with E-state index >= 15 is 0 Å². The highest BCUT2D eigenvalue weighted by molar-refractivity contribution is 5.88. The number of fused-ring (bicyclic) bond motifs is 1. The van der Waals surface area contributed by atoms with Gasteiger partial charge in [-0.15, -0.1) is 0 Å². The molecule has 0 saturated heterocycles. The van der Waals surface area contributed by atoms with Crippen LogP contribution in [0.3, 0.4) is 0 Å². The van der Waals surface area contributed by atoms with Gasteiger partial charge in [-0.05, 0) is 0 Å². The Balaban J connectivity index is 1.87. The van der Waals surface area contributed by atoms with Crippen LogP contribution in [0.4, 0.5) is 13.2 Å². The smallest absolute Gasteiger partial charge is 0.380 e. The molecule has 1 atom stereocenters. The Morgan fingerprint density at radius 1 is 1.31 bits per heavy atom. The molecule has 136 valence electrons. The Kier molecular flexibility index (Phi) is 3.85. The van der Waals surface area contributed by atoms with Gasteiger partial charge in [0.25, 0.3) is 0 Å². The van der Waals surface area contributed by atoms with Gasteiger partial charge < -0.3 is 9.72 Å². The number of aliphatic imine (C=N–C) groups is 1. The van der Waals surface area contributed by atoms with Crippen LogP contribution in [0.5, 0.6) is 0 Å². The van der Waals surface area contributed by atoms with Gasteiger partial charge in [-0.1, -0.05) is 0 Å². The molecule has 1 aliphatic heterocycles. The van der Waals surface area contributed by atoms with E-state index in [2.05, 4.69) is 35.8 Å². The molecule has 0 radical (unpaired) electrons. The number of amidine groups is 1. The number of ether oxygens (including phenoxy) is 1. The van der Waals surface area contributed by atoms with E-state index in [-0.39, 0.29) is 5.69 Å². The molecular formula is C14H13F3N8O. The standard InChI is InChI=1S/C14H13F3N8O/c1-26-5-7-2-19-13-21-9(11-22-12(24-23-11)14(15,16)17)10(25(13)4-7)8-3-18-6-20-8/h2-4,6,11,23H,5H2,1H3,(H,18,20)(H,22,24). The Labute approximate surface area is 144 Å². The molecule has 3 N–H and O–H groups in total. The summed E-state index contributed by atoms with van der Waals surface area (Å²) in [6, 6.07) is 0. The normalized spacial score (nSPS) is 17.5. The van der Waals surface area contributed by atoms with Crippen molar-refractivity contribution in [3.05, 3.63) is 36.2 Å². The third-order valence-electron chi connectivity index (χ3n) is 3.74. The van der Waals surface area contributed by atoms with Crippen LogP contribution in [-0.4, -0.2) is 43.5 Å². The number of hydrogen-bond acceptors (Lipinski definition) is 7. The van der Waals surface area contributed by atoms with Crippen molar-refractivity contribution in [3.63, 3.8) is 0 Å². The minimum absolute atomic E-state index is 0.281. The molecule has 3 aromatic heterocycles. The van der Waals surface area contributed by atoms with E-state index in [4.69, 9.17) is 4.74 Å². The number of nitrogens with zero attached hydrogens (tertiary/aromatic N) is 5. The highest BCUT2D eigenvalue weighted by Crippen LogP contribution is 2.31. The topological polar surface area (TPSA) is 105 Å². The molecule has 26 heavy (non-hydrogen) atoms. The lowest BCUT2D eigenvalue weighted by Gasteiger charge is -2.08.